The van der Waals surface area contributed by atoms with Gasteiger partial charge in [-0.2, -0.15) is 0 Å². The molecule has 0 bridgehead atoms. The van der Waals surface area contributed by atoms with Crippen molar-refractivity contribution in [1.82, 2.24) is 0 Å². The number of hydrogen-bond acceptors (Lipinski definition) is 2. The predicted molar refractivity (Wildman–Crippen MR) is 80.7 cm³/mol. The highest BCUT2D eigenvalue weighted by Gasteiger charge is 2.19. The van der Waals surface area contributed by atoms with E-state index in [0.717, 1.165) is 12.2 Å². The van der Waals surface area contributed by atoms with Crippen molar-refractivity contribution < 1.29 is 4.74 Å². The highest BCUT2D eigenvalue weighted by Crippen LogP contribution is 2.33. The van der Waals surface area contributed by atoms with E-state index in [4.69, 9.17) is 10.5 Å². The number of anilines is 1. The van der Waals surface area contributed by atoms with Crippen LogP contribution >= 0.6 is 0 Å². The largest absolute Gasteiger partial charge is 0.455 e. The number of ether oxygens (including phenoxy) is 1. The zero-order valence-corrected chi connectivity index (χ0v) is 11.8. The van der Waals surface area contributed by atoms with Crippen LogP contribution < -0.4 is 10.5 Å². The van der Waals surface area contributed by atoms with Gasteiger partial charge in [-0.3, -0.25) is 0 Å². The fourth-order valence-electron chi connectivity index (χ4n) is 1.88. The Morgan fingerprint density at radius 1 is 1.05 bits per heavy atom. The number of para-hydroxylation sites is 1. The molecular weight excluding hydrogens is 234 g/mol. The first-order valence-corrected chi connectivity index (χ1v) is 6.66. The molecule has 0 aliphatic heterocycles. The molecule has 2 heteroatoms. The monoisotopic (exact) mass is 255 g/mol. The van der Waals surface area contributed by atoms with Crippen LogP contribution in [0.5, 0.6) is 11.5 Å². The first-order chi connectivity index (χ1) is 9.03. The molecule has 2 aromatic carbocycles. The lowest BCUT2D eigenvalue weighted by molar-refractivity contribution is 0.480. The molecular formula is C17H21NO. The van der Waals surface area contributed by atoms with Crippen molar-refractivity contribution in [2.24, 2.45) is 0 Å². The van der Waals surface area contributed by atoms with Gasteiger partial charge in [-0.15, -0.1) is 0 Å². The minimum Gasteiger partial charge on any atom is -0.455 e. The summed E-state index contributed by atoms with van der Waals surface area (Å²) in [5, 5.41) is 0. The number of nitrogens with two attached hydrogens (primary N) is 1. The standard InChI is InChI=1S/C17H21NO/c1-4-17(2,3)13-10-11-16(15(18)12-13)19-14-8-6-5-7-9-14/h5-12H,4,18H2,1-3H3. The fourth-order valence-corrected chi connectivity index (χ4v) is 1.88. The molecule has 0 aliphatic carbocycles. The molecule has 0 fully saturated rings. The maximum absolute atomic E-state index is 6.10. The average molecular weight is 255 g/mol. The van der Waals surface area contributed by atoms with E-state index in [2.05, 4.69) is 26.8 Å². The van der Waals surface area contributed by atoms with Gasteiger partial charge >= 0.3 is 0 Å². The van der Waals surface area contributed by atoms with Gasteiger partial charge in [0.05, 0.1) is 5.69 Å². The van der Waals surface area contributed by atoms with Crippen molar-refractivity contribution in [2.45, 2.75) is 32.6 Å². The summed E-state index contributed by atoms with van der Waals surface area (Å²) in [6.07, 6.45) is 1.07. The van der Waals surface area contributed by atoms with Crippen molar-refractivity contribution in [3.05, 3.63) is 54.1 Å². The fraction of sp³-hybridized carbons (Fsp3) is 0.294. The van der Waals surface area contributed by atoms with Gasteiger partial charge in [0.1, 0.15) is 11.5 Å². The second-order valence-corrected chi connectivity index (χ2v) is 5.41. The molecule has 0 spiro atoms. The van der Waals surface area contributed by atoms with Crippen LogP contribution in [0, 0.1) is 0 Å². The van der Waals surface area contributed by atoms with Crippen LogP contribution in [0.2, 0.25) is 0 Å². The Kier molecular flexibility index (Phi) is 3.79. The summed E-state index contributed by atoms with van der Waals surface area (Å²) in [6, 6.07) is 15.8. The van der Waals surface area contributed by atoms with Gasteiger partial charge in [0.15, 0.2) is 0 Å². The van der Waals surface area contributed by atoms with Crippen LogP contribution in [-0.2, 0) is 5.41 Å². The number of hydrogen-bond donors (Lipinski definition) is 1. The van der Waals surface area contributed by atoms with Gasteiger partial charge in [0, 0.05) is 0 Å². The van der Waals surface area contributed by atoms with Gasteiger partial charge in [0.25, 0.3) is 0 Å². The van der Waals surface area contributed by atoms with E-state index in [1.54, 1.807) is 0 Å². The lowest BCUT2D eigenvalue weighted by Crippen LogP contribution is -2.15. The minimum atomic E-state index is 0.138. The van der Waals surface area contributed by atoms with E-state index < -0.39 is 0 Å². The first kappa shape index (κ1) is 13.5. The summed E-state index contributed by atoms with van der Waals surface area (Å²) in [7, 11) is 0. The molecule has 0 saturated heterocycles. The molecule has 0 saturated carbocycles. The highest BCUT2D eigenvalue weighted by atomic mass is 16.5. The molecule has 0 aliphatic rings. The van der Waals surface area contributed by atoms with Crippen molar-refractivity contribution in [3.63, 3.8) is 0 Å². The molecule has 2 aromatic rings. The lowest BCUT2D eigenvalue weighted by Gasteiger charge is -2.24. The zero-order valence-electron chi connectivity index (χ0n) is 11.8. The summed E-state index contributed by atoms with van der Waals surface area (Å²) in [4.78, 5) is 0. The Balaban J connectivity index is 2.25. The van der Waals surface area contributed by atoms with E-state index in [1.165, 1.54) is 5.56 Å². The SMILES string of the molecule is CCC(C)(C)c1ccc(Oc2ccccc2)c(N)c1. The second-order valence-electron chi connectivity index (χ2n) is 5.41. The maximum Gasteiger partial charge on any atom is 0.150 e. The lowest BCUT2D eigenvalue weighted by atomic mass is 9.82. The molecule has 0 amide bonds. The Hall–Kier alpha value is -1.96. The predicted octanol–water partition coefficient (Wildman–Crippen LogP) is 4.75. The maximum atomic E-state index is 6.10. The topological polar surface area (TPSA) is 35.2 Å². The summed E-state index contributed by atoms with van der Waals surface area (Å²) in [5.74, 6) is 1.51. The molecule has 0 aromatic heterocycles. The third kappa shape index (κ3) is 3.08. The molecule has 0 heterocycles. The van der Waals surface area contributed by atoms with Gasteiger partial charge in [-0.05, 0) is 41.7 Å². The van der Waals surface area contributed by atoms with Crippen LogP contribution in [0.3, 0.4) is 0 Å². The van der Waals surface area contributed by atoms with Crippen LogP contribution in [0.4, 0.5) is 5.69 Å². The molecule has 19 heavy (non-hydrogen) atoms. The van der Waals surface area contributed by atoms with E-state index in [0.29, 0.717) is 11.4 Å². The number of rotatable bonds is 4. The van der Waals surface area contributed by atoms with Crippen LogP contribution in [-0.4, -0.2) is 0 Å². The third-order valence-electron chi connectivity index (χ3n) is 3.65. The van der Waals surface area contributed by atoms with Gasteiger partial charge in [-0.25, -0.2) is 0 Å². The minimum absolute atomic E-state index is 0.138. The molecule has 0 unspecified atom stereocenters. The number of benzene rings is 2. The van der Waals surface area contributed by atoms with Gasteiger partial charge < -0.3 is 10.5 Å². The zero-order chi connectivity index (χ0) is 13.9. The Bertz CT molecular complexity index is 546. The summed E-state index contributed by atoms with van der Waals surface area (Å²) < 4.78 is 5.79. The molecule has 2 N–H and O–H groups in total. The molecule has 2 nitrogen and oxygen atoms in total. The summed E-state index contributed by atoms with van der Waals surface area (Å²) in [6.45, 7) is 6.63. The van der Waals surface area contributed by atoms with E-state index in [9.17, 15) is 0 Å². The Morgan fingerprint density at radius 2 is 1.74 bits per heavy atom. The van der Waals surface area contributed by atoms with Crippen LogP contribution in [0.25, 0.3) is 0 Å². The molecule has 0 radical (unpaired) electrons. The Labute approximate surface area is 115 Å². The molecule has 100 valence electrons. The highest BCUT2D eigenvalue weighted by molar-refractivity contribution is 5.56. The Morgan fingerprint density at radius 3 is 2.32 bits per heavy atom. The van der Waals surface area contributed by atoms with Crippen LogP contribution in [0.15, 0.2) is 48.5 Å². The quantitative estimate of drug-likeness (QED) is 0.800. The van der Waals surface area contributed by atoms with Crippen LogP contribution in [0.1, 0.15) is 32.8 Å². The first-order valence-electron chi connectivity index (χ1n) is 6.66. The number of nitrogen functional groups attached to an aromatic ring is 1. The van der Waals surface area contributed by atoms with Crippen molar-refractivity contribution in [2.75, 3.05) is 5.73 Å². The van der Waals surface area contributed by atoms with E-state index >= 15 is 0 Å². The van der Waals surface area contributed by atoms with Crippen molar-refractivity contribution in [3.8, 4) is 11.5 Å². The molecule has 2 rings (SSSR count). The van der Waals surface area contributed by atoms with Gasteiger partial charge in [-0.1, -0.05) is 45.0 Å². The summed E-state index contributed by atoms with van der Waals surface area (Å²) >= 11 is 0. The van der Waals surface area contributed by atoms with Crippen molar-refractivity contribution >= 4 is 5.69 Å². The normalized spacial score (nSPS) is 11.3. The smallest absolute Gasteiger partial charge is 0.150 e. The van der Waals surface area contributed by atoms with E-state index in [-0.39, 0.29) is 5.41 Å². The van der Waals surface area contributed by atoms with E-state index in [1.807, 2.05) is 42.5 Å². The van der Waals surface area contributed by atoms with Gasteiger partial charge in [0.2, 0.25) is 0 Å². The summed E-state index contributed by atoms with van der Waals surface area (Å²) in [5.41, 5.74) is 8.16. The molecule has 0 atom stereocenters. The van der Waals surface area contributed by atoms with Crippen molar-refractivity contribution in [1.29, 1.82) is 0 Å². The average Bonchev–Trinajstić information content (AvgIpc) is 2.42. The third-order valence-corrected chi connectivity index (χ3v) is 3.65. The second kappa shape index (κ2) is 5.35.